The fraction of sp³-hybridized carbons (Fsp3) is 0.556. The summed E-state index contributed by atoms with van der Waals surface area (Å²) in [7, 11) is 0. The SMILES string of the molecule is CC(C)C(C)NC(=O)CN1CCN(C(=O)c2ccc(F)c(F)c2)CC1. The van der Waals surface area contributed by atoms with Gasteiger partial charge in [-0.05, 0) is 31.0 Å². The molecule has 1 aromatic rings. The van der Waals surface area contributed by atoms with E-state index in [0.717, 1.165) is 12.1 Å². The van der Waals surface area contributed by atoms with Crippen LogP contribution in [-0.2, 0) is 4.79 Å². The molecule has 1 aromatic carbocycles. The van der Waals surface area contributed by atoms with Crippen molar-refractivity contribution in [3.8, 4) is 0 Å². The van der Waals surface area contributed by atoms with E-state index in [1.807, 2.05) is 25.7 Å². The van der Waals surface area contributed by atoms with E-state index in [0.29, 0.717) is 38.6 Å². The summed E-state index contributed by atoms with van der Waals surface area (Å²) in [5.74, 6) is -1.98. The highest BCUT2D eigenvalue weighted by atomic mass is 19.2. The molecule has 0 saturated carbocycles. The van der Waals surface area contributed by atoms with Crippen LogP contribution >= 0.6 is 0 Å². The van der Waals surface area contributed by atoms with Gasteiger partial charge >= 0.3 is 0 Å². The lowest BCUT2D eigenvalue weighted by Crippen LogP contribution is -2.52. The summed E-state index contributed by atoms with van der Waals surface area (Å²) in [5, 5.41) is 2.96. The molecule has 0 aromatic heterocycles. The van der Waals surface area contributed by atoms with E-state index in [9.17, 15) is 18.4 Å². The number of benzene rings is 1. The first-order valence-electron chi connectivity index (χ1n) is 8.54. The van der Waals surface area contributed by atoms with Gasteiger partial charge in [0.15, 0.2) is 11.6 Å². The number of hydrogen-bond donors (Lipinski definition) is 1. The van der Waals surface area contributed by atoms with E-state index < -0.39 is 11.6 Å². The van der Waals surface area contributed by atoms with Crippen LogP contribution in [0.15, 0.2) is 18.2 Å². The van der Waals surface area contributed by atoms with Gasteiger partial charge < -0.3 is 10.2 Å². The molecule has 1 aliphatic rings. The maximum absolute atomic E-state index is 13.3. The van der Waals surface area contributed by atoms with Crippen LogP contribution in [0.25, 0.3) is 0 Å². The third-order valence-corrected chi connectivity index (χ3v) is 4.58. The van der Waals surface area contributed by atoms with Gasteiger partial charge in [0, 0.05) is 37.8 Å². The third kappa shape index (κ3) is 5.22. The Kier molecular flexibility index (Phi) is 6.47. The second kappa shape index (κ2) is 8.38. The summed E-state index contributed by atoms with van der Waals surface area (Å²) >= 11 is 0. The number of nitrogens with zero attached hydrogens (tertiary/aromatic N) is 2. The number of rotatable bonds is 5. The molecule has 1 saturated heterocycles. The maximum Gasteiger partial charge on any atom is 0.254 e. The fourth-order valence-corrected chi connectivity index (χ4v) is 2.59. The number of amides is 2. The summed E-state index contributed by atoms with van der Waals surface area (Å²) in [6.07, 6.45) is 0. The molecule has 5 nitrogen and oxygen atoms in total. The molecule has 7 heteroatoms. The Labute approximate surface area is 147 Å². The number of carbonyl (C=O) groups is 2. The van der Waals surface area contributed by atoms with Crippen molar-refractivity contribution in [2.24, 2.45) is 5.92 Å². The predicted molar refractivity (Wildman–Crippen MR) is 91.1 cm³/mol. The first kappa shape index (κ1) is 19.3. The summed E-state index contributed by atoms with van der Waals surface area (Å²) < 4.78 is 26.2. The van der Waals surface area contributed by atoms with Crippen molar-refractivity contribution in [3.63, 3.8) is 0 Å². The zero-order valence-electron chi connectivity index (χ0n) is 14.9. The molecule has 138 valence electrons. The Balaban J connectivity index is 1.83. The molecule has 0 bridgehead atoms. The van der Waals surface area contributed by atoms with Crippen LogP contribution in [0.1, 0.15) is 31.1 Å². The lowest BCUT2D eigenvalue weighted by Gasteiger charge is -2.34. The van der Waals surface area contributed by atoms with Gasteiger partial charge in [-0.1, -0.05) is 13.8 Å². The molecule has 1 N–H and O–H groups in total. The molecule has 2 rings (SSSR count). The molecule has 25 heavy (non-hydrogen) atoms. The summed E-state index contributed by atoms with van der Waals surface area (Å²) in [4.78, 5) is 28.0. The lowest BCUT2D eigenvalue weighted by atomic mass is 10.1. The fourth-order valence-electron chi connectivity index (χ4n) is 2.59. The largest absolute Gasteiger partial charge is 0.352 e. The second-order valence-corrected chi connectivity index (χ2v) is 6.80. The van der Waals surface area contributed by atoms with E-state index in [1.54, 1.807) is 4.90 Å². The first-order chi connectivity index (χ1) is 11.8. The Morgan fingerprint density at radius 3 is 2.28 bits per heavy atom. The van der Waals surface area contributed by atoms with Crippen LogP contribution in [0, 0.1) is 17.6 Å². The number of nitrogens with one attached hydrogen (secondary N) is 1. The van der Waals surface area contributed by atoms with Crippen LogP contribution in [0.5, 0.6) is 0 Å². The zero-order valence-corrected chi connectivity index (χ0v) is 14.9. The normalized spacial score (nSPS) is 16.8. The highest BCUT2D eigenvalue weighted by Crippen LogP contribution is 2.13. The van der Waals surface area contributed by atoms with Gasteiger partial charge in [0.25, 0.3) is 5.91 Å². The van der Waals surface area contributed by atoms with Crippen LogP contribution < -0.4 is 5.32 Å². The molecule has 0 radical (unpaired) electrons. The van der Waals surface area contributed by atoms with Crippen molar-refractivity contribution in [2.45, 2.75) is 26.8 Å². The van der Waals surface area contributed by atoms with E-state index >= 15 is 0 Å². The Morgan fingerprint density at radius 2 is 1.72 bits per heavy atom. The third-order valence-electron chi connectivity index (χ3n) is 4.58. The van der Waals surface area contributed by atoms with Crippen LogP contribution in [0.4, 0.5) is 8.78 Å². The summed E-state index contributed by atoms with van der Waals surface area (Å²) in [6, 6.07) is 3.28. The molecule has 1 fully saturated rings. The van der Waals surface area contributed by atoms with Gasteiger partial charge in [-0.2, -0.15) is 0 Å². The number of carbonyl (C=O) groups excluding carboxylic acids is 2. The van der Waals surface area contributed by atoms with Crippen molar-refractivity contribution in [3.05, 3.63) is 35.4 Å². The summed E-state index contributed by atoms with van der Waals surface area (Å²) in [5.41, 5.74) is 0.135. The predicted octanol–water partition coefficient (Wildman–Crippen LogP) is 1.88. The number of halogens is 2. The van der Waals surface area contributed by atoms with E-state index in [-0.39, 0.29) is 23.4 Å². The molecule has 1 atom stereocenters. The molecule has 1 aliphatic heterocycles. The standard InChI is InChI=1S/C18H25F2N3O2/c1-12(2)13(3)21-17(24)11-22-6-8-23(9-7-22)18(25)14-4-5-15(19)16(20)10-14/h4-5,10,12-13H,6-9,11H2,1-3H3,(H,21,24). The molecule has 1 heterocycles. The Bertz CT molecular complexity index is 629. The minimum atomic E-state index is -1.03. The average Bonchev–Trinajstić information content (AvgIpc) is 2.57. The molecular formula is C18H25F2N3O2. The van der Waals surface area contributed by atoms with E-state index in [4.69, 9.17) is 0 Å². The van der Waals surface area contributed by atoms with Crippen molar-refractivity contribution >= 4 is 11.8 Å². The molecule has 0 aliphatic carbocycles. The molecular weight excluding hydrogens is 328 g/mol. The first-order valence-corrected chi connectivity index (χ1v) is 8.54. The smallest absolute Gasteiger partial charge is 0.254 e. The van der Waals surface area contributed by atoms with Gasteiger partial charge in [-0.3, -0.25) is 14.5 Å². The average molecular weight is 353 g/mol. The monoisotopic (exact) mass is 353 g/mol. The number of piperazine rings is 1. The van der Waals surface area contributed by atoms with Crippen molar-refractivity contribution in [1.29, 1.82) is 0 Å². The van der Waals surface area contributed by atoms with Gasteiger partial charge in [-0.15, -0.1) is 0 Å². The zero-order chi connectivity index (χ0) is 18.6. The van der Waals surface area contributed by atoms with Crippen LogP contribution in [-0.4, -0.2) is 60.4 Å². The summed E-state index contributed by atoms with van der Waals surface area (Å²) in [6.45, 7) is 8.40. The lowest BCUT2D eigenvalue weighted by molar-refractivity contribution is -0.123. The Hall–Kier alpha value is -2.02. The van der Waals surface area contributed by atoms with Crippen LogP contribution in [0.3, 0.4) is 0 Å². The van der Waals surface area contributed by atoms with Gasteiger partial charge in [0.2, 0.25) is 5.91 Å². The van der Waals surface area contributed by atoms with Gasteiger partial charge in [0.1, 0.15) is 0 Å². The van der Waals surface area contributed by atoms with Crippen molar-refractivity contribution < 1.29 is 18.4 Å². The van der Waals surface area contributed by atoms with E-state index in [2.05, 4.69) is 5.32 Å². The topological polar surface area (TPSA) is 52.7 Å². The van der Waals surface area contributed by atoms with Crippen LogP contribution in [0.2, 0.25) is 0 Å². The highest BCUT2D eigenvalue weighted by Gasteiger charge is 2.24. The van der Waals surface area contributed by atoms with Crippen molar-refractivity contribution in [2.75, 3.05) is 32.7 Å². The van der Waals surface area contributed by atoms with E-state index in [1.165, 1.54) is 6.07 Å². The Morgan fingerprint density at radius 1 is 1.08 bits per heavy atom. The second-order valence-electron chi connectivity index (χ2n) is 6.80. The molecule has 2 amide bonds. The molecule has 0 spiro atoms. The molecule has 1 unspecified atom stereocenters. The highest BCUT2D eigenvalue weighted by molar-refractivity contribution is 5.94. The van der Waals surface area contributed by atoms with Gasteiger partial charge in [0.05, 0.1) is 6.54 Å². The minimum Gasteiger partial charge on any atom is -0.352 e. The van der Waals surface area contributed by atoms with Crippen molar-refractivity contribution in [1.82, 2.24) is 15.1 Å². The quantitative estimate of drug-likeness (QED) is 0.879. The number of hydrogen-bond acceptors (Lipinski definition) is 3. The minimum absolute atomic E-state index is 0.0263. The van der Waals surface area contributed by atoms with Gasteiger partial charge in [-0.25, -0.2) is 8.78 Å². The maximum atomic E-state index is 13.3.